The quantitative estimate of drug-likeness (QED) is 0.585. The second-order valence-corrected chi connectivity index (χ2v) is 9.70. The first-order valence-corrected chi connectivity index (χ1v) is 12.3. The number of likely N-dealkylation sites (N-methyl/N-ethyl adjacent to an activating group) is 1. The lowest BCUT2D eigenvalue weighted by molar-refractivity contribution is 0.0985. The van der Waals surface area contributed by atoms with Gasteiger partial charge in [0.1, 0.15) is 16.4 Å². The molecule has 0 spiro atoms. The van der Waals surface area contributed by atoms with Gasteiger partial charge in [0.05, 0.1) is 24.0 Å². The summed E-state index contributed by atoms with van der Waals surface area (Å²) in [4.78, 5) is 33.3. The third-order valence-electron chi connectivity index (χ3n) is 6.31. The predicted octanol–water partition coefficient (Wildman–Crippen LogP) is 4.12. The summed E-state index contributed by atoms with van der Waals surface area (Å²) in [6.45, 7) is 9.00. The van der Waals surface area contributed by atoms with Crippen molar-refractivity contribution in [2.45, 2.75) is 33.7 Å². The van der Waals surface area contributed by atoms with Gasteiger partial charge in [0.2, 0.25) is 5.95 Å². The normalized spacial score (nSPS) is 15.5. The van der Waals surface area contributed by atoms with E-state index in [9.17, 15) is 4.79 Å². The highest BCUT2D eigenvalue weighted by Crippen LogP contribution is 2.42. The number of anilines is 5. The SMILES string of the molecule is CCN1C(=O)c2nc(C)sc2N(CC)c2nc(Nc3cc4c(cc3OC)CCN(C)C4)ncc21. The van der Waals surface area contributed by atoms with E-state index in [4.69, 9.17) is 9.72 Å². The maximum absolute atomic E-state index is 13.3. The van der Waals surface area contributed by atoms with Crippen LogP contribution < -0.4 is 19.9 Å². The van der Waals surface area contributed by atoms with Gasteiger partial charge in [-0.2, -0.15) is 4.98 Å². The van der Waals surface area contributed by atoms with Gasteiger partial charge in [-0.3, -0.25) is 4.79 Å². The third-order valence-corrected chi connectivity index (χ3v) is 7.30. The highest BCUT2D eigenvalue weighted by atomic mass is 32.1. The zero-order chi connectivity index (χ0) is 24.0. The number of benzene rings is 1. The van der Waals surface area contributed by atoms with Gasteiger partial charge in [-0.25, -0.2) is 9.97 Å². The number of nitrogens with one attached hydrogen (secondary N) is 1. The van der Waals surface area contributed by atoms with Crippen molar-refractivity contribution in [2.75, 3.05) is 48.9 Å². The van der Waals surface area contributed by atoms with E-state index in [1.54, 1.807) is 18.2 Å². The zero-order valence-electron chi connectivity index (χ0n) is 20.2. The fraction of sp³-hybridized carbons (Fsp3) is 0.417. The van der Waals surface area contributed by atoms with Crippen LogP contribution in [0.5, 0.6) is 5.75 Å². The molecule has 0 fully saturated rings. The van der Waals surface area contributed by atoms with E-state index in [2.05, 4.69) is 44.3 Å². The van der Waals surface area contributed by atoms with E-state index in [0.717, 1.165) is 41.0 Å². The Morgan fingerprint density at radius 1 is 1.15 bits per heavy atom. The first-order valence-electron chi connectivity index (χ1n) is 11.5. The largest absolute Gasteiger partial charge is 0.495 e. The molecule has 0 bridgehead atoms. The molecule has 0 saturated carbocycles. The molecule has 2 aliphatic heterocycles. The number of carbonyl (C=O) groups is 1. The van der Waals surface area contributed by atoms with Gasteiger partial charge in [0.15, 0.2) is 11.5 Å². The Hall–Kier alpha value is -3.24. The summed E-state index contributed by atoms with van der Waals surface area (Å²) in [7, 11) is 3.81. The minimum absolute atomic E-state index is 0.121. The van der Waals surface area contributed by atoms with Crippen LogP contribution in [0.3, 0.4) is 0 Å². The number of amides is 1. The lowest BCUT2D eigenvalue weighted by Crippen LogP contribution is -2.30. The third kappa shape index (κ3) is 3.76. The number of methoxy groups -OCH3 is 1. The van der Waals surface area contributed by atoms with Gasteiger partial charge in [-0.15, -0.1) is 11.3 Å². The number of hydrogen-bond acceptors (Lipinski definition) is 9. The number of hydrogen-bond donors (Lipinski definition) is 1. The number of ether oxygens (including phenoxy) is 1. The fourth-order valence-corrected chi connectivity index (χ4v) is 5.58. The zero-order valence-corrected chi connectivity index (χ0v) is 21.0. The van der Waals surface area contributed by atoms with Crippen molar-refractivity contribution in [1.29, 1.82) is 0 Å². The van der Waals surface area contributed by atoms with Crippen molar-refractivity contribution in [1.82, 2.24) is 19.9 Å². The number of carbonyl (C=O) groups excluding carboxylic acids is 1. The molecule has 2 aromatic heterocycles. The summed E-state index contributed by atoms with van der Waals surface area (Å²) < 4.78 is 5.68. The van der Waals surface area contributed by atoms with Crippen molar-refractivity contribution in [3.05, 3.63) is 40.2 Å². The first-order chi connectivity index (χ1) is 16.4. The summed E-state index contributed by atoms with van der Waals surface area (Å²) >= 11 is 1.51. The van der Waals surface area contributed by atoms with Crippen LogP contribution in [0, 0.1) is 6.92 Å². The maximum Gasteiger partial charge on any atom is 0.280 e. The maximum atomic E-state index is 13.3. The topological polar surface area (TPSA) is 86.7 Å². The number of aryl methyl sites for hydroxylation is 1. The van der Waals surface area contributed by atoms with Crippen molar-refractivity contribution in [3.8, 4) is 5.75 Å². The highest BCUT2D eigenvalue weighted by Gasteiger charge is 2.34. The summed E-state index contributed by atoms with van der Waals surface area (Å²) in [6.07, 6.45) is 2.72. The van der Waals surface area contributed by atoms with Crippen molar-refractivity contribution in [3.63, 3.8) is 0 Å². The number of thiazole rings is 1. The van der Waals surface area contributed by atoms with Gasteiger partial charge in [0, 0.05) is 26.2 Å². The number of aromatic nitrogens is 3. The van der Waals surface area contributed by atoms with Crippen LogP contribution in [-0.4, -0.2) is 59.6 Å². The van der Waals surface area contributed by atoms with Gasteiger partial charge >= 0.3 is 0 Å². The van der Waals surface area contributed by atoms with E-state index in [-0.39, 0.29) is 5.91 Å². The van der Waals surface area contributed by atoms with E-state index in [0.29, 0.717) is 36.2 Å². The van der Waals surface area contributed by atoms with Crippen molar-refractivity contribution in [2.24, 2.45) is 0 Å². The summed E-state index contributed by atoms with van der Waals surface area (Å²) in [6, 6.07) is 4.24. The molecule has 0 saturated heterocycles. The minimum atomic E-state index is -0.121. The van der Waals surface area contributed by atoms with Crippen LogP contribution in [-0.2, 0) is 13.0 Å². The average Bonchev–Trinajstić information content (AvgIpc) is 3.18. The standard InChI is InChI=1S/C24H29N7O2S/c1-6-30-18-12-25-24(27-17-10-16-13-29(4)9-8-15(16)11-19(17)33-5)28-21(18)31(7-2)23-20(22(30)32)26-14(3)34-23/h10-12H,6-9,13H2,1-5H3,(H,25,27,28). The van der Waals surface area contributed by atoms with E-state index in [1.807, 2.05) is 20.8 Å². The molecule has 2 aliphatic rings. The minimum Gasteiger partial charge on any atom is -0.495 e. The van der Waals surface area contributed by atoms with Crippen molar-refractivity contribution < 1.29 is 9.53 Å². The molecular formula is C24H29N7O2S. The van der Waals surface area contributed by atoms with Gasteiger partial charge in [-0.05, 0) is 57.5 Å². The average molecular weight is 480 g/mol. The van der Waals surface area contributed by atoms with Crippen LogP contribution in [0.25, 0.3) is 0 Å². The molecule has 0 aliphatic carbocycles. The van der Waals surface area contributed by atoms with E-state index < -0.39 is 0 Å². The second kappa shape index (κ2) is 8.84. The molecule has 0 atom stereocenters. The van der Waals surface area contributed by atoms with Crippen LogP contribution in [0.4, 0.5) is 28.1 Å². The van der Waals surface area contributed by atoms with Gasteiger partial charge in [-0.1, -0.05) is 0 Å². The molecular weight excluding hydrogens is 450 g/mol. The molecule has 178 valence electrons. The van der Waals surface area contributed by atoms with Crippen LogP contribution in [0.1, 0.15) is 40.5 Å². The molecule has 3 aromatic rings. The lowest BCUT2D eigenvalue weighted by Gasteiger charge is -2.27. The molecule has 5 rings (SSSR count). The summed E-state index contributed by atoms with van der Waals surface area (Å²) in [5.74, 6) is 1.78. The smallest absolute Gasteiger partial charge is 0.280 e. The predicted molar refractivity (Wildman–Crippen MR) is 135 cm³/mol. The van der Waals surface area contributed by atoms with Crippen molar-refractivity contribution >= 4 is 45.4 Å². The molecule has 1 N–H and O–H groups in total. The lowest BCUT2D eigenvalue weighted by atomic mass is 9.99. The Labute approximate surface area is 203 Å². The molecule has 9 nitrogen and oxygen atoms in total. The molecule has 10 heteroatoms. The second-order valence-electron chi connectivity index (χ2n) is 8.52. The Morgan fingerprint density at radius 3 is 2.68 bits per heavy atom. The monoisotopic (exact) mass is 479 g/mol. The molecule has 4 heterocycles. The highest BCUT2D eigenvalue weighted by molar-refractivity contribution is 7.16. The van der Waals surface area contributed by atoms with Crippen LogP contribution >= 0.6 is 11.3 Å². The van der Waals surface area contributed by atoms with E-state index in [1.165, 1.54) is 22.5 Å². The number of nitrogens with zero attached hydrogens (tertiary/aromatic N) is 6. The molecule has 1 aromatic carbocycles. The molecule has 1 amide bonds. The summed E-state index contributed by atoms with van der Waals surface area (Å²) in [5, 5.41) is 5.04. The molecule has 0 radical (unpaired) electrons. The number of rotatable bonds is 5. The fourth-order valence-electron chi connectivity index (χ4n) is 4.61. The number of fused-ring (bicyclic) bond motifs is 3. The van der Waals surface area contributed by atoms with Gasteiger partial charge in [0.25, 0.3) is 5.91 Å². The Bertz CT molecular complexity index is 1260. The van der Waals surface area contributed by atoms with Crippen LogP contribution in [0.2, 0.25) is 0 Å². The Kier molecular flexibility index (Phi) is 5.86. The molecule has 0 unspecified atom stereocenters. The van der Waals surface area contributed by atoms with Crippen LogP contribution in [0.15, 0.2) is 18.3 Å². The van der Waals surface area contributed by atoms with Gasteiger partial charge < -0.3 is 24.8 Å². The Morgan fingerprint density at radius 2 is 1.94 bits per heavy atom. The van der Waals surface area contributed by atoms with E-state index >= 15 is 0 Å². The summed E-state index contributed by atoms with van der Waals surface area (Å²) in [5.41, 5.74) is 4.56. The first kappa shape index (κ1) is 22.5. The Balaban J connectivity index is 1.58. The molecule has 34 heavy (non-hydrogen) atoms.